The molecule has 0 aromatic heterocycles. The van der Waals surface area contributed by atoms with Gasteiger partial charge in [-0.3, -0.25) is 0 Å². The first-order valence-electron chi connectivity index (χ1n) is 8.57. The van der Waals surface area contributed by atoms with E-state index in [1.807, 2.05) is 0 Å². The SMILES string of the molecule is CCOC1CC(N)(CN(CC2CC2)CC2CC2)C1(C)C. The summed E-state index contributed by atoms with van der Waals surface area (Å²) in [7, 11) is 0. The number of hydrogen-bond acceptors (Lipinski definition) is 3. The second-order valence-electron chi connectivity index (χ2n) is 8.11. The van der Waals surface area contributed by atoms with Gasteiger partial charge in [-0.25, -0.2) is 0 Å². The minimum atomic E-state index is -0.0589. The van der Waals surface area contributed by atoms with Crippen LogP contribution in [-0.4, -0.2) is 42.8 Å². The normalized spacial score (nSPS) is 36.1. The van der Waals surface area contributed by atoms with E-state index >= 15 is 0 Å². The minimum Gasteiger partial charge on any atom is -0.378 e. The fourth-order valence-corrected chi connectivity index (χ4v) is 3.71. The minimum absolute atomic E-state index is 0.0589. The lowest BCUT2D eigenvalue weighted by molar-refractivity contribution is -0.156. The third-order valence-electron chi connectivity index (χ3n) is 5.94. The molecule has 0 saturated heterocycles. The van der Waals surface area contributed by atoms with Crippen molar-refractivity contribution < 1.29 is 4.74 Å². The van der Waals surface area contributed by atoms with Gasteiger partial charge in [-0.15, -0.1) is 0 Å². The smallest absolute Gasteiger partial charge is 0.0662 e. The van der Waals surface area contributed by atoms with E-state index in [9.17, 15) is 0 Å². The molecular formula is C17H32N2O. The Kier molecular flexibility index (Phi) is 3.89. The second kappa shape index (κ2) is 5.26. The van der Waals surface area contributed by atoms with E-state index in [-0.39, 0.29) is 11.0 Å². The van der Waals surface area contributed by atoms with Crippen LogP contribution in [0.25, 0.3) is 0 Å². The van der Waals surface area contributed by atoms with Crippen LogP contribution in [0, 0.1) is 17.3 Å². The van der Waals surface area contributed by atoms with Crippen LogP contribution in [-0.2, 0) is 4.74 Å². The molecule has 20 heavy (non-hydrogen) atoms. The summed E-state index contributed by atoms with van der Waals surface area (Å²) in [4.78, 5) is 2.68. The lowest BCUT2D eigenvalue weighted by Gasteiger charge is -2.60. The fraction of sp³-hybridized carbons (Fsp3) is 1.00. The van der Waals surface area contributed by atoms with Crippen LogP contribution < -0.4 is 5.73 Å². The van der Waals surface area contributed by atoms with Gasteiger partial charge < -0.3 is 15.4 Å². The first-order valence-corrected chi connectivity index (χ1v) is 8.57. The van der Waals surface area contributed by atoms with Crippen molar-refractivity contribution in [1.29, 1.82) is 0 Å². The molecule has 0 aromatic carbocycles. The highest BCUT2D eigenvalue weighted by molar-refractivity contribution is 5.15. The second-order valence-corrected chi connectivity index (χ2v) is 8.11. The van der Waals surface area contributed by atoms with Crippen LogP contribution in [0.2, 0.25) is 0 Å². The van der Waals surface area contributed by atoms with Crippen molar-refractivity contribution in [3.63, 3.8) is 0 Å². The molecule has 3 rings (SSSR count). The van der Waals surface area contributed by atoms with Crippen LogP contribution in [0.15, 0.2) is 0 Å². The summed E-state index contributed by atoms with van der Waals surface area (Å²) in [6.07, 6.45) is 7.11. The summed E-state index contributed by atoms with van der Waals surface area (Å²) in [6.45, 7) is 11.1. The highest BCUT2D eigenvalue weighted by atomic mass is 16.5. The highest BCUT2D eigenvalue weighted by Gasteiger charge is 2.59. The van der Waals surface area contributed by atoms with E-state index < -0.39 is 0 Å². The fourth-order valence-electron chi connectivity index (χ4n) is 3.71. The van der Waals surface area contributed by atoms with E-state index in [1.54, 1.807) is 0 Å². The summed E-state index contributed by atoms with van der Waals surface area (Å²) in [5, 5.41) is 0. The Balaban J connectivity index is 1.58. The molecule has 2 atom stereocenters. The molecule has 3 aliphatic rings. The number of hydrogen-bond donors (Lipinski definition) is 1. The molecule has 3 aliphatic carbocycles. The molecule has 0 radical (unpaired) electrons. The Labute approximate surface area is 124 Å². The predicted molar refractivity (Wildman–Crippen MR) is 82.6 cm³/mol. The standard InChI is InChI=1S/C17H32N2O/c1-4-20-15-9-17(18,16(15,2)3)12-19(10-13-5-6-13)11-14-7-8-14/h13-15H,4-12,18H2,1-3H3. The molecule has 3 heteroatoms. The quantitative estimate of drug-likeness (QED) is 0.743. The number of ether oxygens (including phenoxy) is 1. The molecular weight excluding hydrogens is 248 g/mol. The highest BCUT2D eigenvalue weighted by Crippen LogP contribution is 2.50. The third kappa shape index (κ3) is 2.90. The van der Waals surface area contributed by atoms with Crippen molar-refractivity contribution in [1.82, 2.24) is 4.90 Å². The Morgan fingerprint density at radius 1 is 1.10 bits per heavy atom. The van der Waals surface area contributed by atoms with Gasteiger partial charge in [0.05, 0.1) is 6.10 Å². The first kappa shape index (κ1) is 14.8. The topological polar surface area (TPSA) is 38.5 Å². The van der Waals surface area contributed by atoms with Gasteiger partial charge in [0.1, 0.15) is 0 Å². The third-order valence-corrected chi connectivity index (χ3v) is 5.94. The van der Waals surface area contributed by atoms with Gasteiger partial charge in [-0.2, -0.15) is 0 Å². The van der Waals surface area contributed by atoms with Crippen molar-refractivity contribution in [2.24, 2.45) is 23.0 Å². The summed E-state index contributed by atoms with van der Waals surface area (Å²) >= 11 is 0. The maximum Gasteiger partial charge on any atom is 0.0662 e. The Morgan fingerprint density at radius 2 is 1.65 bits per heavy atom. The number of rotatable bonds is 8. The molecule has 116 valence electrons. The van der Waals surface area contributed by atoms with Crippen molar-refractivity contribution in [3.8, 4) is 0 Å². The lowest BCUT2D eigenvalue weighted by atomic mass is 9.54. The van der Waals surface area contributed by atoms with E-state index in [4.69, 9.17) is 10.5 Å². The van der Waals surface area contributed by atoms with Gasteiger partial charge in [-0.05, 0) is 50.9 Å². The zero-order valence-electron chi connectivity index (χ0n) is 13.5. The summed E-state index contributed by atoms with van der Waals surface area (Å²) in [6, 6.07) is 0. The van der Waals surface area contributed by atoms with Gasteiger partial charge in [0, 0.05) is 37.2 Å². The molecule has 0 heterocycles. The molecule has 3 fully saturated rings. The summed E-state index contributed by atoms with van der Waals surface area (Å²) in [5.41, 5.74) is 6.82. The summed E-state index contributed by atoms with van der Waals surface area (Å²) in [5.74, 6) is 1.92. The number of nitrogens with two attached hydrogens (primary N) is 1. The van der Waals surface area contributed by atoms with Gasteiger partial charge >= 0.3 is 0 Å². The van der Waals surface area contributed by atoms with Crippen LogP contribution >= 0.6 is 0 Å². The zero-order chi connectivity index (χ0) is 14.4. The van der Waals surface area contributed by atoms with Crippen molar-refractivity contribution in [3.05, 3.63) is 0 Å². The van der Waals surface area contributed by atoms with E-state index in [1.165, 1.54) is 38.8 Å². The van der Waals surface area contributed by atoms with Gasteiger partial charge in [0.2, 0.25) is 0 Å². The van der Waals surface area contributed by atoms with Crippen LogP contribution in [0.5, 0.6) is 0 Å². The van der Waals surface area contributed by atoms with Gasteiger partial charge in [-0.1, -0.05) is 13.8 Å². The van der Waals surface area contributed by atoms with Gasteiger partial charge in [0.25, 0.3) is 0 Å². The lowest BCUT2D eigenvalue weighted by Crippen LogP contribution is -2.73. The van der Waals surface area contributed by atoms with Crippen LogP contribution in [0.3, 0.4) is 0 Å². The molecule has 0 aromatic rings. The Bertz CT molecular complexity index is 335. The summed E-state index contributed by atoms with van der Waals surface area (Å²) < 4.78 is 5.86. The van der Waals surface area contributed by atoms with Crippen molar-refractivity contribution in [2.45, 2.75) is 64.5 Å². The molecule has 0 amide bonds. The maximum absolute atomic E-state index is 6.77. The predicted octanol–water partition coefficient (Wildman–Crippen LogP) is 2.64. The molecule has 3 nitrogen and oxygen atoms in total. The molecule has 0 bridgehead atoms. The van der Waals surface area contributed by atoms with Crippen molar-refractivity contribution >= 4 is 0 Å². The molecule has 0 aliphatic heterocycles. The van der Waals surface area contributed by atoms with Crippen molar-refractivity contribution in [2.75, 3.05) is 26.2 Å². The first-order chi connectivity index (χ1) is 9.44. The van der Waals surface area contributed by atoms with E-state index in [0.717, 1.165) is 31.4 Å². The van der Waals surface area contributed by atoms with Gasteiger partial charge in [0.15, 0.2) is 0 Å². The number of nitrogens with zero attached hydrogens (tertiary/aromatic N) is 1. The molecule has 2 N–H and O–H groups in total. The largest absolute Gasteiger partial charge is 0.378 e. The van der Waals surface area contributed by atoms with Crippen LogP contribution in [0.4, 0.5) is 0 Å². The average Bonchev–Trinajstić information content (AvgIpc) is 3.25. The average molecular weight is 280 g/mol. The van der Waals surface area contributed by atoms with E-state index in [2.05, 4.69) is 25.7 Å². The molecule has 2 unspecified atom stereocenters. The monoisotopic (exact) mass is 280 g/mol. The van der Waals surface area contributed by atoms with E-state index in [0.29, 0.717) is 6.10 Å². The molecule has 0 spiro atoms. The van der Waals surface area contributed by atoms with Crippen LogP contribution in [0.1, 0.15) is 52.9 Å². The molecule has 3 saturated carbocycles. The Hall–Kier alpha value is -0.120. The maximum atomic E-state index is 6.77. The zero-order valence-corrected chi connectivity index (χ0v) is 13.5. The Morgan fingerprint density at radius 3 is 2.05 bits per heavy atom.